The summed E-state index contributed by atoms with van der Waals surface area (Å²) in [5, 5.41) is 0. The molecule has 2 aromatic heterocycles. The molecule has 1 aliphatic heterocycles. The molecule has 3 heterocycles. The van der Waals surface area contributed by atoms with Crippen LogP contribution in [0.3, 0.4) is 0 Å². The molecule has 0 unspecified atom stereocenters. The van der Waals surface area contributed by atoms with Gasteiger partial charge in [-0.3, -0.25) is 9.36 Å². The summed E-state index contributed by atoms with van der Waals surface area (Å²) in [4.78, 5) is 15.5. The smallest absolute Gasteiger partial charge is 0.377 e. The molecule has 7 heteroatoms. The maximum atomic E-state index is 13.4. The Kier molecular flexibility index (Phi) is 8.38. The van der Waals surface area contributed by atoms with E-state index in [0.29, 0.717) is 17.0 Å². The van der Waals surface area contributed by atoms with Crippen molar-refractivity contribution in [2.24, 2.45) is 0 Å². The normalized spacial score (nSPS) is 14.5. The topological polar surface area (TPSA) is 42.3 Å². The van der Waals surface area contributed by atoms with E-state index in [9.17, 15) is 4.79 Å². The zero-order chi connectivity index (χ0) is 27.6. The monoisotopic (exact) mass is 623 g/mol. The van der Waals surface area contributed by atoms with E-state index in [4.69, 9.17) is 4.42 Å². The van der Waals surface area contributed by atoms with Gasteiger partial charge in [-0.25, -0.2) is 0 Å². The summed E-state index contributed by atoms with van der Waals surface area (Å²) in [5.74, 6) is 0.707. The van der Waals surface area contributed by atoms with Crippen molar-refractivity contribution >= 4 is 45.8 Å². The van der Waals surface area contributed by atoms with Crippen LogP contribution in [0.2, 0.25) is 0 Å². The molecule has 0 aliphatic carbocycles. The van der Waals surface area contributed by atoms with Gasteiger partial charge in [0.1, 0.15) is 11.2 Å². The van der Waals surface area contributed by atoms with E-state index in [1.165, 1.54) is 11.3 Å². The van der Waals surface area contributed by atoms with Crippen molar-refractivity contribution in [2.45, 2.75) is 20.0 Å². The summed E-state index contributed by atoms with van der Waals surface area (Å²) in [6.07, 6.45) is 11.8. The number of para-hydroxylation sites is 1. The van der Waals surface area contributed by atoms with Crippen molar-refractivity contribution in [3.63, 3.8) is 0 Å². The van der Waals surface area contributed by atoms with Gasteiger partial charge in [-0.2, -0.15) is 4.57 Å². The number of aryl methyl sites for hydroxylation is 1. The molecule has 3 aromatic carbocycles. The Hall–Kier alpha value is -4.20. The maximum absolute atomic E-state index is 13.4. The van der Waals surface area contributed by atoms with Gasteiger partial charge in [0.2, 0.25) is 5.58 Å². The molecule has 5 nitrogen and oxygen atoms in total. The number of aromatic nitrogens is 2. The highest BCUT2D eigenvalue weighted by molar-refractivity contribution is 7.07. The Bertz CT molecular complexity index is 1980. The van der Waals surface area contributed by atoms with Gasteiger partial charge in [-0.1, -0.05) is 66.7 Å². The molecule has 0 fully saturated rings. The average Bonchev–Trinajstić information content (AvgIpc) is 3.49. The number of benzene rings is 3. The van der Waals surface area contributed by atoms with Crippen molar-refractivity contribution in [1.29, 1.82) is 0 Å². The highest BCUT2D eigenvalue weighted by Crippen LogP contribution is 2.31. The van der Waals surface area contributed by atoms with Crippen LogP contribution >= 0.6 is 11.3 Å². The van der Waals surface area contributed by atoms with E-state index >= 15 is 0 Å². The molecule has 0 bridgehead atoms. The summed E-state index contributed by atoms with van der Waals surface area (Å²) in [5.41, 5.74) is 7.43. The standard InChI is InChI=1S/C34H30N3O2S.BrH/c1-4-20-37-33(40-31(34(37)38)18-16-25-19-21-35(3)28-14-10-9-13-27(25)28)23-32-36(5-2)29-22-26(15-17-30(29)39-32)24-11-7-6-8-12-24;/h4,6-19,21-23H,1,5,20H2,2-3H3;1H/q+1;/p-1/b25-16+,31-18+;. The van der Waals surface area contributed by atoms with Crippen molar-refractivity contribution < 1.29 is 26.0 Å². The van der Waals surface area contributed by atoms with Gasteiger partial charge in [0, 0.05) is 37.1 Å². The summed E-state index contributed by atoms with van der Waals surface area (Å²) in [7, 11) is 2.04. The van der Waals surface area contributed by atoms with Crippen LogP contribution in [-0.4, -0.2) is 11.6 Å². The number of rotatable bonds is 6. The van der Waals surface area contributed by atoms with E-state index < -0.39 is 0 Å². The zero-order valence-electron chi connectivity index (χ0n) is 23.0. The first kappa shape index (κ1) is 28.3. The van der Waals surface area contributed by atoms with Crippen molar-refractivity contribution in [3.05, 3.63) is 135 Å². The Morgan fingerprint density at radius 1 is 1.00 bits per heavy atom. The van der Waals surface area contributed by atoms with Crippen LogP contribution in [0.1, 0.15) is 18.4 Å². The first-order valence-electron chi connectivity index (χ1n) is 13.3. The van der Waals surface area contributed by atoms with Crippen LogP contribution in [0.25, 0.3) is 40.0 Å². The minimum Gasteiger partial charge on any atom is -1.00 e. The fourth-order valence-electron chi connectivity index (χ4n) is 5.11. The summed E-state index contributed by atoms with van der Waals surface area (Å²) in [6, 6.07) is 24.9. The SMILES string of the molecule is C=CCn1c(=O)/c(=C\C=C2/C=CN(C)c3ccccc32)s/c1=C\c1oc2ccc(-c3ccccc3)cc2[n+]1CC.[Br-]. The predicted molar refractivity (Wildman–Crippen MR) is 166 cm³/mol. The maximum Gasteiger partial charge on any atom is 0.377 e. The lowest BCUT2D eigenvalue weighted by atomic mass is 10.00. The third-order valence-electron chi connectivity index (χ3n) is 7.14. The number of fused-ring (bicyclic) bond motifs is 2. The summed E-state index contributed by atoms with van der Waals surface area (Å²) >= 11 is 1.46. The molecule has 206 valence electrons. The van der Waals surface area contributed by atoms with Crippen molar-refractivity contribution in [2.75, 3.05) is 11.9 Å². The number of nitrogens with zero attached hydrogens (tertiary/aromatic N) is 3. The van der Waals surface area contributed by atoms with Gasteiger partial charge < -0.3 is 26.3 Å². The molecule has 0 radical (unpaired) electrons. The molecule has 0 N–H and O–H groups in total. The highest BCUT2D eigenvalue weighted by atomic mass is 79.9. The number of halogens is 1. The first-order valence-corrected chi connectivity index (χ1v) is 14.2. The molecule has 0 amide bonds. The van der Waals surface area contributed by atoms with Crippen LogP contribution in [0, 0.1) is 0 Å². The van der Waals surface area contributed by atoms with Crippen LogP contribution in [-0.2, 0) is 13.1 Å². The Balaban J connectivity index is 0.00000337. The van der Waals surface area contributed by atoms with E-state index in [1.54, 1.807) is 10.6 Å². The molecule has 5 aromatic rings. The first-order chi connectivity index (χ1) is 19.6. The van der Waals surface area contributed by atoms with Crippen LogP contribution in [0.5, 0.6) is 0 Å². The Labute approximate surface area is 253 Å². The number of hydrogen-bond acceptors (Lipinski definition) is 4. The minimum atomic E-state index is -0.0382. The Morgan fingerprint density at radius 2 is 1.78 bits per heavy atom. The van der Waals surface area contributed by atoms with Gasteiger partial charge >= 0.3 is 5.89 Å². The lowest BCUT2D eigenvalue weighted by molar-refractivity contribution is -0.674. The van der Waals surface area contributed by atoms with Crippen LogP contribution in [0.4, 0.5) is 5.69 Å². The molecular formula is C34H30BrN3O2S. The van der Waals surface area contributed by atoms with Gasteiger partial charge in [-0.05, 0) is 47.9 Å². The third-order valence-corrected chi connectivity index (χ3v) is 8.21. The molecular weight excluding hydrogens is 594 g/mol. The Morgan fingerprint density at radius 3 is 2.56 bits per heavy atom. The number of thiazole rings is 1. The van der Waals surface area contributed by atoms with Gasteiger partial charge in [0.15, 0.2) is 0 Å². The molecule has 0 atom stereocenters. The average molecular weight is 625 g/mol. The largest absolute Gasteiger partial charge is 1.00 e. The van der Waals surface area contributed by atoms with Gasteiger partial charge in [-0.15, -0.1) is 17.9 Å². The minimum absolute atomic E-state index is 0. The number of hydrogen-bond donors (Lipinski definition) is 0. The molecule has 1 aliphatic rings. The predicted octanol–water partition coefficient (Wildman–Crippen LogP) is 2.48. The lowest BCUT2D eigenvalue weighted by Gasteiger charge is -2.23. The molecule has 0 saturated heterocycles. The second-order valence-electron chi connectivity index (χ2n) is 9.62. The van der Waals surface area contributed by atoms with Gasteiger partial charge in [0.05, 0.1) is 10.6 Å². The molecule has 6 rings (SSSR count). The molecule has 0 saturated carbocycles. The quantitative estimate of drug-likeness (QED) is 0.216. The fourth-order valence-corrected chi connectivity index (χ4v) is 6.09. The van der Waals surface area contributed by atoms with E-state index in [1.807, 2.05) is 67.9 Å². The molecule has 41 heavy (non-hydrogen) atoms. The van der Waals surface area contributed by atoms with Gasteiger partial charge in [0.25, 0.3) is 11.1 Å². The van der Waals surface area contributed by atoms with E-state index in [0.717, 1.165) is 50.3 Å². The second kappa shape index (κ2) is 12.1. The zero-order valence-corrected chi connectivity index (χ0v) is 25.4. The third kappa shape index (κ3) is 5.43. The van der Waals surface area contributed by atoms with Crippen molar-refractivity contribution in [1.82, 2.24) is 4.57 Å². The summed E-state index contributed by atoms with van der Waals surface area (Å²) in [6.45, 7) is 7.14. The summed E-state index contributed by atoms with van der Waals surface area (Å²) < 4.78 is 11.7. The number of oxazole rings is 1. The fraction of sp³-hybridized carbons (Fsp3) is 0.118. The number of allylic oxidation sites excluding steroid dienone is 4. The second-order valence-corrected chi connectivity index (χ2v) is 10.7. The highest BCUT2D eigenvalue weighted by Gasteiger charge is 2.21. The number of anilines is 1. The van der Waals surface area contributed by atoms with E-state index in [-0.39, 0.29) is 22.5 Å². The van der Waals surface area contributed by atoms with Crippen LogP contribution in [0.15, 0.2) is 113 Å². The molecule has 0 spiro atoms. The van der Waals surface area contributed by atoms with Crippen molar-refractivity contribution in [3.8, 4) is 11.1 Å². The van der Waals surface area contributed by atoms with E-state index in [2.05, 4.69) is 65.4 Å². The lowest BCUT2D eigenvalue weighted by Crippen LogP contribution is -3.00. The van der Waals surface area contributed by atoms with Crippen LogP contribution < -0.4 is 41.2 Å².